The number of aromatic nitrogens is 1. The number of benzene rings is 4. The molecule has 0 radical (unpaired) electrons. The Kier molecular flexibility index (Phi) is 8.59. The average Bonchev–Trinajstić information content (AvgIpc) is 3.29. The fourth-order valence-electron chi connectivity index (χ4n) is 4.83. The van der Waals surface area contributed by atoms with Gasteiger partial charge in [-0.05, 0) is 80.1 Å². The molecule has 1 atom stereocenters. The van der Waals surface area contributed by atoms with E-state index in [0.717, 1.165) is 38.8 Å². The summed E-state index contributed by atoms with van der Waals surface area (Å²) in [5.41, 5.74) is 4.73. The van der Waals surface area contributed by atoms with Gasteiger partial charge in [0, 0.05) is 67.6 Å². The van der Waals surface area contributed by atoms with Gasteiger partial charge in [-0.25, -0.2) is 0 Å². The Morgan fingerprint density at radius 1 is 0.951 bits per heavy atom. The summed E-state index contributed by atoms with van der Waals surface area (Å²) in [7, 11) is 0. The highest BCUT2D eigenvalue weighted by Gasteiger charge is 2.20. The summed E-state index contributed by atoms with van der Waals surface area (Å²) in [5.74, 6) is -0.117. The van der Waals surface area contributed by atoms with Crippen LogP contribution in [0.3, 0.4) is 0 Å². The van der Waals surface area contributed by atoms with Gasteiger partial charge < -0.3 is 14.5 Å². The number of halogens is 1. The molecule has 0 aliphatic heterocycles. The van der Waals surface area contributed by atoms with Crippen LogP contribution in [-0.2, 0) is 11.4 Å². The Balaban J connectivity index is 1.54. The zero-order valence-electron chi connectivity index (χ0n) is 22.9. The van der Waals surface area contributed by atoms with E-state index in [9.17, 15) is 14.7 Å². The van der Waals surface area contributed by atoms with E-state index in [1.165, 1.54) is 18.7 Å². The fraction of sp³-hybridized carbons (Fsp3) is 0.182. The summed E-state index contributed by atoms with van der Waals surface area (Å²) in [5, 5.41) is 16.0. The van der Waals surface area contributed by atoms with Crippen LogP contribution < -0.4 is 0 Å². The molecule has 1 aromatic heterocycles. The molecule has 1 N–H and O–H groups in total. The number of rotatable bonds is 10. The number of aliphatic hydroxyl groups excluding tert-OH is 1. The molecule has 0 aliphatic carbocycles. The van der Waals surface area contributed by atoms with Crippen LogP contribution >= 0.6 is 23.4 Å². The van der Waals surface area contributed by atoms with Gasteiger partial charge in [0.1, 0.15) is 5.71 Å². The van der Waals surface area contributed by atoms with Crippen LogP contribution in [0.4, 0.5) is 0 Å². The number of ketones is 2. The second-order valence-electron chi connectivity index (χ2n) is 9.67. The Hall–Kier alpha value is -3.91. The largest absolute Gasteiger partial charge is 0.364 e. The molecule has 5 rings (SSSR count). The Morgan fingerprint density at radius 3 is 2.22 bits per heavy atom. The Bertz CT molecular complexity index is 1790. The van der Waals surface area contributed by atoms with E-state index in [2.05, 4.69) is 16.6 Å². The average molecular weight is 585 g/mol. The summed E-state index contributed by atoms with van der Waals surface area (Å²) in [4.78, 5) is 33.1. The van der Waals surface area contributed by atoms with Gasteiger partial charge in [0.05, 0.1) is 0 Å². The SMILES string of the molecule is CCn1c2ccc(C(=O)/C(CSc3ccc(Cl)cc3)=N/OC(C)O)cc2c2cc(C(=O)c3ccccc3C)ccc21. The Labute approximate surface area is 247 Å². The predicted molar refractivity (Wildman–Crippen MR) is 166 cm³/mol. The number of thioether (sulfide) groups is 1. The molecule has 6 nitrogen and oxygen atoms in total. The first-order valence-electron chi connectivity index (χ1n) is 13.3. The lowest BCUT2D eigenvalue weighted by atomic mass is 9.97. The first-order chi connectivity index (χ1) is 19.8. The summed E-state index contributed by atoms with van der Waals surface area (Å²) in [6.45, 7) is 6.15. The van der Waals surface area contributed by atoms with E-state index in [1.807, 2.05) is 73.7 Å². The van der Waals surface area contributed by atoms with Crippen molar-refractivity contribution in [2.24, 2.45) is 5.16 Å². The third-order valence-corrected chi connectivity index (χ3v) is 8.14. The van der Waals surface area contributed by atoms with Crippen LogP contribution in [0.2, 0.25) is 5.02 Å². The molecular weight excluding hydrogens is 556 g/mol. The number of oxime groups is 1. The molecule has 41 heavy (non-hydrogen) atoms. The molecule has 0 aliphatic rings. The molecule has 4 aromatic carbocycles. The van der Waals surface area contributed by atoms with Crippen molar-refractivity contribution in [1.82, 2.24) is 4.57 Å². The maximum absolute atomic E-state index is 13.7. The van der Waals surface area contributed by atoms with Gasteiger partial charge in [-0.3, -0.25) is 9.59 Å². The summed E-state index contributed by atoms with van der Waals surface area (Å²) < 4.78 is 2.17. The van der Waals surface area contributed by atoms with Crippen molar-refractivity contribution in [2.45, 2.75) is 38.5 Å². The molecule has 1 heterocycles. The van der Waals surface area contributed by atoms with Gasteiger partial charge in [0.2, 0.25) is 12.1 Å². The first kappa shape index (κ1) is 28.6. The second kappa shape index (κ2) is 12.3. The van der Waals surface area contributed by atoms with Crippen LogP contribution in [0.1, 0.15) is 45.7 Å². The number of fused-ring (bicyclic) bond motifs is 3. The maximum Gasteiger partial charge on any atom is 0.221 e. The zero-order valence-corrected chi connectivity index (χ0v) is 24.5. The number of carbonyl (C=O) groups is 2. The summed E-state index contributed by atoms with van der Waals surface area (Å²) >= 11 is 7.42. The van der Waals surface area contributed by atoms with Crippen LogP contribution in [0.25, 0.3) is 21.8 Å². The molecule has 208 valence electrons. The molecule has 0 saturated carbocycles. The highest BCUT2D eigenvalue weighted by Crippen LogP contribution is 2.32. The van der Waals surface area contributed by atoms with Crippen molar-refractivity contribution in [3.05, 3.63) is 112 Å². The Morgan fingerprint density at radius 2 is 1.59 bits per heavy atom. The first-order valence-corrected chi connectivity index (χ1v) is 14.6. The van der Waals surface area contributed by atoms with Crippen LogP contribution in [-0.4, -0.2) is 39.0 Å². The highest BCUT2D eigenvalue weighted by molar-refractivity contribution is 8.00. The van der Waals surface area contributed by atoms with Gasteiger partial charge in [-0.1, -0.05) is 41.0 Å². The van der Waals surface area contributed by atoms with E-state index >= 15 is 0 Å². The molecule has 0 fully saturated rings. The second-order valence-corrected chi connectivity index (χ2v) is 11.2. The maximum atomic E-state index is 13.7. The number of aryl methyl sites for hydroxylation is 2. The number of nitrogens with zero attached hydrogens (tertiary/aromatic N) is 2. The van der Waals surface area contributed by atoms with Crippen molar-refractivity contribution in [3.8, 4) is 0 Å². The van der Waals surface area contributed by atoms with Crippen molar-refractivity contribution in [1.29, 1.82) is 0 Å². The van der Waals surface area contributed by atoms with E-state index in [1.54, 1.807) is 18.2 Å². The fourth-order valence-corrected chi connectivity index (χ4v) is 5.77. The van der Waals surface area contributed by atoms with Crippen molar-refractivity contribution < 1.29 is 19.5 Å². The normalized spacial score (nSPS) is 12.6. The zero-order chi connectivity index (χ0) is 29.1. The predicted octanol–water partition coefficient (Wildman–Crippen LogP) is 7.69. The molecule has 0 amide bonds. The lowest BCUT2D eigenvalue weighted by Gasteiger charge is -2.09. The molecular formula is C33H29ClN2O4S. The van der Waals surface area contributed by atoms with Gasteiger partial charge in [-0.15, -0.1) is 11.8 Å². The van der Waals surface area contributed by atoms with Crippen LogP contribution in [0, 0.1) is 6.92 Å². The van der Waals surface area contributed by atoms with Gasteiger partial charge in [0.25, 0.3) is 0 Å². The third-order valence-electron chi connectivity index (χ3n) is 6.86. The van der Waals surface area contributed by atoms with Gasteiger partial charge in [0.15, 0.2) is 5.78 Å². The number of aliphatic hydroxyl groups is 1. The minimum Gasteiger partial charge on any atom is -0.364 e. The summed E-state index contributed by atoms with van der Waals surface area (Å²) in [6.07, 6.45) is -1.16. The van der Waals surface area contributed by atoms with Crippen molar-refractivity contribution in [3.63, 3.8) is 0 Å². The molecule has 8 heteroatoms. The number of hydrogen-bond acceptors (Lipinski definition) is 6. The molecule has 0 bridgehead atoms. The topological polar surface area (TPSA) is 80.9 Å². The number of carbonyl (C=O) groups excluding carboxylic acids is 2. The quantitative estimate of drug-likeness (QED) is 0.0598. The third kappa shape index (κ3) is 6.07. The van der Waals surface area contributed by atoms with Crippen LogP contribution in [0.5, 0.6) is 0 Å². The number of Topliss-reactive ketones (excluding diaryl/α,β-unsaturated/α-hetero) is 1. The minimum absolute atomic E-state index is 0.0430. The van der Waals surface area contributed by atoms with Crippen LogP contribution in [0.15, 0.2) is 95.0 Å². The molecule has 0 saturated heterocycles. The lowest BCUT2D eigenvalue weighted by Crippen LogP contribution is -2.19. The molecule has 0 spiro atoms. The highest BCUT2D eigenvalue weighted by atomic mass is 35.5. The monoisotopic (exact) mass is 584 g/mol. The summed E-state index contributed by atoms with van der Waals surface area (Å²) in [6, 6.07) is 26.1. The smallest absolute Gasteiger partial charge is 0.221 e. The van der Waals surface area contributed by atoms with E-state index in [-0.39, 0.29) is 23.0 Å². The lowest BCUT2D eigenvalue weighted by molar-refractivity contribution is -0.0836. The van der Waals surface area contributed by atoms with Crippen molar-refractivity contribution >= 4 is 62.4 Å². The van der Waals surface area contributed by atoms with E-state index < -0.39 is 6.29 Å². The van der Waals surface area contributed by atoms with E-state index in [0.29, 0.717) is 21.7 Å². The minimum atomic E-state index is -1.16. The van der Waals surface area contributed by atoms with Gasteiger partial charge >= 0.3 is 0 Å². The molecule has 5 aromatic rings. The van der Waals surface area contributed by atoms with Crippen molar-refractivity contribution in [2.75, 3.05) is 5.75 Å². The van der Waals surface area contributed by atoms with E-state index in [4.69, 9.17) is 16.4 Å². The van der Waals surface area contributed by atoms with Gasteiger partial charge in [-0.2, -0.15) is 0 Å². The molecule has 1 unspecified atom stereocenters. The standard InChI is InChI=1S/C33H29ClN2O4S/c1-4-36-30-15-9-22(32(38)26-8-6-5-7-20(26)2)17-27(30)28-18-23(10-16-31(28)36)33(39)29(35-40-21(3)37)19-41-25-13-11-24(34)12-14-25/h5-18,21,37H,4,19H2,1-3H3/b35-29+. The number of hydrogen-bond donors (Lipinski definition) is 1.